The van der Waals surface area contributed by atoms with Gasteiger partial charge in [-0.3, -0.25) is 0 Å². The van der Waals surface area contributed by atoms with Gasteiger partial charge in [-0.15, -0.1) is 0 Å². The van der Waals surface area contributed by atoms with E-state index in [-0.39, 0.29) is 0 Å². The molecule has 3 heterocycles. The van der Waals surface area contributed by atoms with Crippen molar-refractivity contribution >= 4 is 71.8 Å². The first-order valence-electron chi connectivity index (χ1n) is 15.8. The maximum Gasteiger partial charge on any atom is 0.148 e. The van der Waals surface area contributed by atoms with E-state index in [4.69, 9.17) is 10.5 Å². The highest BCUT2D eigenvalue weighted by atomic mass is 79.9. The van der Waals surface area contributed by atoms with Crippen molar-refractivity contribution in [2.24, 2.45) is 21.1 Å². The molecule has 0 fully saturated rings. The number of aromatic nitrogens is 6. The van der Waals surface area contributed by atoms with E-state index in [1.165, 1.54) is 12.1 Å². The predicted molar refractivity (Wildman–Crippen MR) is 203 cm³/mol. The van der Waals surface area contributed by atoms with Gasteiger partial charge in [-0.1, -0.05) is 15.9 Å². The quantitative estimate of drug-likeness (QED) is 0.191. The molecule has 10 nitrogen and oxygen atoms in total. The smallest absolute Gasteiger partial charge is 0.148 e. The van der Waals surface area contributed by atoms with Crippen LogP contribution in [0.5, 0.6) is 0 Å². The number of nitrogens with one attached hydrogen (secondary N) is 1. The van der Waals surface area contributed by atoms with Crippen molar-refractivity contribution < 1.29 is 8.78 Å². The number of benzene rings is 5. The number of hydrogen-bond acceptors (Lipinski definition) is 7. The van der Waals surface area contributed by atoms with Gasteiger partial charge in [0.15, 0.2) is 0 Å². The van der Waals surface area contributed by atoms with Crippen molar-refractivity contribution in [3.63, 3.8) is 0 Å². The number of fused-ring (bicyclic) bond motifs is 3. The van der Waals surface area contributed by atoms with E-state index in [1.54, 1.807) is 48.9 Å². The zero-order valence-electron chi connectivity index (χ0n) is 28.6. The van der Waals surface area contributed by atoms with E-state index in [2.05, 4.69) is 42.3 Å². The maximum atomic E-state index is 14.1. The molecule has 5 aromatic carbocycles. The Hall–Kier alpha value is -6.57. The molecule has 1 N–H and O–H groups in total. The molecule has 0 spiro atoms. The van der Waals surface area contributed by atoms with Gasteiger partial charge in [-0.05, 0) is 91.0 Å². The van der Waals surface area contributed by atoms with Gasteiger partial charge in [-0.2, -0.15) is 10.5 Å². The van der Waals surface area contributed by atoms with Crippen LogP contribution in [0.4, 0.5) is 31.5 Å². The first kappa shape index (κ1) is 35.3. The summed E-state index contributed by atoms with van der Waals surface area (Å²) in [5, 5.41) is 20.5. The molecule has 0 radical (unpaired) electrons. The summed E-state index contributed by atoms with van der Waals surface area (Å²) in [6.07, 6.45) is 5.30. The molecule has 13 heteroatoms. The second kappa shape index (κ2) is 15.1. The van der Waals surface area contributed by atoms with Crippen molar-refractivity contribution in [2.75, 3.05) is 17.3 Å². The average molecular weight is 758 g/mol. The number of nitrogens with zero attached hydrogens (tertiary/aromatic N) is 9. The summed E-state index contributed by atoms with van der Waals surface area (Å²) in [6.45, 7) is 0. The first-order valence-corrected chi connectivity index (χ1v) is 16.6. The SMILES string of the molecule is CN(c1ccc2ncn(C)c2c1)c1ccc(C#N)cc1F.Cn1cnc2ccc(Br)cc21.Cn1cnc2ccc(Nc3ccc(C#N)cc3F)cc21. The van der Waals surface area contributed by atoms with Crippen LogP contribution in [0.25, 0.3) is 33.1 Å². The van der Waals surface area contributed by atoms with Crippen LogP contribution in [0.15, 0.2) is 114 Å². The van der Waals surface area contributed by atoms with E-state index >= 15 is 0 Å². The lowest BCUT2D eigenvalue weighted by atomic mass is 10.2. The molecule has 0 bridgehead atoms. The van der Waals surface area contributed by atoms with E-state index in [0.29, 0.717) is 22.5 Å². The third-order valence-corrected chi connectivity index (χ3v) is 8.82. The second-order valence-corrected chi connectivity index (χ2v) is 12.8. The van der Waals surface area contributed by atoms with Crippen LogP contribution in [0.2, 0.25) is 0 Å². The molecule has 0 unspecified atom stereocenters. The van der Waals surface area contributed by atoms with Crippen molar-refractivity contribution in [1.29, 1.82) is 10.5 Å². The second-order valence-electron chi connectivity index (χ2n) is 11.8. The number of rotatable bonds is 4. The molecule has 8 rings (SSSR count). The van der Waals surface area contributed by atoms with Crippen molar-refractivity contribution in [3.05, 3.63) is 137 Å². The zero-order valence-corrected chi connectivity index (χ0v) is 30.1. The minimum atomic E-state index is -0.450. The molecule has 0 saturated heterocycles. The van der Waals surface area contributed by atoms with E-state index < -0.39 is 11.6 Å². The van der Waals surface area contributed by atoms with Gasteiger partial charge in [-0.25, -0.2) is 23.7 Å². The fourth-order valence-electron chi connectivity index (χ4n) is 5.46. The van der Waals surface area contributed by atoms with Crippen molar-refractivity contribution in [2.45, 2.75) is 0 Å². The highest BCUT2D eigenvalue weighted by Gasteiger charge is 2.12. The lowest BCUT2D eigenvalue weighted by Gasteiger charge is -2.20. The summed E-state index contributed by atoms with van der Waals surface area (Å²) in [6, 6.07) is 30.1. The molecular formula is C39H31BrF2N10. The van der Waals surface area contributed by atoms with Gasteiger partial charge < -0.3 is 23.9 Å². The summed E-state index contributed by atoms with van der Waals surface area (Å²) in [7, 11) is 7.60. The van der Waals surface area contributed by atoms with Gasteiger partial charge in [0.05, 0.1) is 86.7 Å². The van der Waals surface area contributed by atoms with Gasteiger partial charge >= 0.3 is 0 Å². The van der Waals surface area contributed by atoms with E-state index in [0.717, 1.165) is 48.9 Å². The molecular weight excluding hydrogens is 726 g/mol. The van der Waals surface area contributed by atoms with Gasteiger partial charge in [0.25, 0.3) is 0 Å². The maximum absolute atomic E-state index is 14.1. The highest BCUT2D eigenvalue weighted by Crippen LogP contribution is 2.29. The average Bonchev–Trinajstić information content (AvgIpc) is 3.84. The Morgan fingerprint density at radius 3 is 1.73 bits per heavy atom. The number of hydrogen-bond donors (Lipinski definition) is 1. The van der Waals surface area contributed by atoms with Crippen LogP contribution in [0, 0.1) is 34.3 Å². The fourth-order valence-corrected chi connectivity index (χ4v) is 5.80. The molecule has 52 heavy (non-hydrogen) atoms. The zero-order chi connectivity index (χ0) is 36.9. The van der Waals surface area contributed by atoms with Crippen molar-refractivity contribution in [3.8, 4) is 12.1 Å². The van der Waals surface area contributed by atoms with Gasteiger partial charge in [0.1, 0.15) is 11.6 Å². The summed E-state index contributed by atoms with van der Waals surface area (Å²) in [4.78, 5) is 14.5. The molecule has 8 aromatic rings. The van der Waals surface area contributed by atoms with Crippen LogP contribution in [0.1, 0.15) is 11.1 Å². The lowest BCUT2D eigenvalue weighted by Crippen LogP contribution is -2.11. The summed E-state index contributed by atoms with van der Waals surface area (Å²) < 4.78 is 34.8. The number of nitriles is 2. The number of aryl methyl sites for hydroxylation is 3. The minimum Gasteiger partial charge on any atom is -0.353 e. The number of imidazole rings is 3. The first-order chi connectivity index (χ1) is 25.0. The molecule has 0 atom stereocenters. The summed E-state index contributed by atoms with van der Waals surface area (Å²) in [5.74, 6) is -0.865. The Morgan fingerprint density at radius 2 is 1.15 bits per heavy atom. The largest absolute Gasteiger partial charge is 0.353 e. The van der Waals surface area contributed by atoms with E-state index in [1.807, 2.05) is 102 Å². The topological polar surface area (TPSA) is 116 Å². The molecule has 0 saturated carbocycles. The molecule has 0 aliphatic rings. The number of anilines is 4. The fraction of sp³-hybridized carbons (Fsp3) is 0.103. The third-order valence-electron chi connectivity index (χ3n) is 8.32. The summed E-state index contributed by atoms with van der Waals surface area (Å²) >= 11 is 3.41. The third kappa shape index (κ3) is 7.60. The summed E-state index contributed by atoms with van der Waals surface area (Å²) in [5.41, 5.74) is 8.92. The van der Waals surface area contributed by atoms with Gasteiger partial charge in [0.2, 0.25) is 0 Å². The van der Waals surface area contributed by atoms with Crippen LogP contribution in [-0.2, 0) is 21.1 Å². The van der Waals surface area contributed by atoms with Crippen LogP contribution >= 0.6 is 15.9 Å². The van der Waals surface area contributed by atoms with Crippen molar-refractivity contribution in [1.82, 2.24) is 28.7 Å². The lowest BCUT2D eigenvalue weighted by molar-refractivity contribution is 0.627. The monoisotopic (exact) mass is 756 g/mol. The van der Waals surface area contributed by atoms with Gasteiger partial charge in [0, 0.05) is 44.0 Å². The Kier molecular flexibility index (Phi) is 10.3. The molecule has 0 aliphatic carbocycles. The van der Waals surface area contributed by atoms with E-state index in [9.17, 15) is 8.78 Å². The molecule has 3 aromatic heterocycles. The highest BCUT2D eigenvalue weighted by molar-refractivity contribution is 9.10. The Bertz CT molecular complexity index is 2640. The molecule has 258 valence electrons. The molecule has 0 amide bonds. The normalized spacial score (nSPS) is 10.6. The number of halogens is 3. The predicted octanol–water partition coefficient (Wildman–Crippen LogP) is 9.02. The van der Waals surface area contributed by atoms with Crippen LogP contribution in [-0.4, -0.2) is 35.7 Å². The Balaban J connectivity index is 0.000000140. The minimum absolute atomic E-state index is 0.301. The van der Waals surface area contributed by atoms with Crippen LogP contribution in [0.3, 0.4) is 0 Å². The van der Waals surface area contributed by atoms with Crippen LogP contribution < -0.4 is 10.2 Å². The Morgan fingerprint density at radius 1 is 0.635 bits per heavy atom. The standard InChI is InChI=1S/C16H13FN4.C15H11FN4.C8H7BrN2/c1-20-10-19-14-5-4-12(8-16(14)20)21(2)15-6-3-11(9-18)7-13(15)17;1-20-9-18-14-5-3-11(7-15(14)20)19-13-4-2-10(8-17)6-12(13)16;1-11-5-10-7-3-2-6(9)4-8(7)11/h3-8,10H,1-2H3;2-7,9,19H,1H3;2-5H,1H3. The molecule has 0 aliphatic heterocycles. The Labute approximate surface area is 306 Å².